The van der Waals surface area contributed by atoms with Crippen LogP contribution in [-0.2, 0) is 6.42 Å². The standard InChI is InChI=1S/C40H53N3O2S/c1-10-11-12-13-14-31-28-38(46-37(31)27-29(2)3)30-15-17-32(18-16-30)41(33-19-23-35(24-20-33)42(44)39(4,5)6)34-21-25-36(26-22-34)43(45)40(7,8)9/h15-28,44-45H,10-14H2,1-9H3. The normalized spacial score (nSPS) is 11.8. The Labute approximate surface area is 281 Å². The first-order valence-corrected chi connectivity index (χ1v) is 17.4. The van der Waals surface area contributed by atoms with Gasteiger partial charge >= 0.3 is 0 Å². The zero-order valence-electron chi connectivity index (χ0n) is 29.3. The van der Waals surface area contributed by atoms with Crippen LogP contribution in [0.4, 0.5) is 28.4 Å². The van der Waals surface area contributed by atoms with Crippen LogP contribution in [-0.4, -0.2) is 21.5 Å². The molecule has 0 atom stereocenters. The van der Waals surface area contributed by atoms with Crippen LogP contribution in [0.25, 0.3) is 16.5 Å². The number of rotatable bonds is 12. The molecule has 4 aromatic rings. The summed E-state index contributed by atoms with van der Waals surface area (Å²) in [6, 6.07) is 27.1. The first-order chi connectivity index (χ1) is 21.7. The van der Waals surface area contributed by atoms with Crippen molar-refractivity contribution >= 4 is 45.8 Å². The van der Waals surface area contributed by atoms with Gasteiger partial charge in [-0.05, 0) is 152 Å². The van der Waals surface area contributed by atoms with Gasteiger partial charge in [0.1, 0.15) is 0 Å². The maximum absolute atomic E-state index is 10.7. The lowest BCUT2D eigenvalue weighted by Gasteiger charge is -2.33. The molecule has 0 saturated heterocycles. The van der Waals surface area contributed by atoms with Crippen LogP contribution in [0, 0.1) is 0 Å². The third-order valence-corrected chi connectivity index (χ3v) is 9.12. The molecule has 6 heteroatoms. The van der Waals surface area contributed by atoms with Crippen LogP contribution in [0.3, 0.4) is 0 Å². The first-order valence-electron chi connectivity index (χ1n) is 16.6. The van der Waals surface area contributed by atoms with E-state index in [-0.39, 0.29) is 0 Å². The Balaban J connectivity index is 1.70. The van der Waals surface area contributed by atoms with Crippen molar-refractivity contribution in [3.8, 4) is 10.4 Å². The molecule has 246 valence electrons. The van der Waals surface area contributed by atoms with E-state index in [0.29, 0.717) is 0 Å². The molecule has 0 unspecified atom stereocenters. The second kappa shape index (κ2) is 14.9. The summed E-state index contributed by atoms with van der Waals surface area (Å²) in [5.74, 6) is 0. The second-order valence-corrected chi connectivity index (χ2v) is 15.5. The molecule has 0 spiro atoms. The fourth-order valence-corrected chi connectivity index (χ4v) is 6.67. The average molecular weight is 640 g/mol. The molecule has 0 bridgehead atoms. The number of unbranched alkanes of at least 4 members (excludes halogenated alkanes) is 3. The summed E-state index contributed by atoms with van der Waals surface area (Å²) < 4.78 is 0. The van der Waals surface area contributed by atoms with Crippen molar-refractivity contribution in [3.05, 3.63) is 94.9 Å². The van der Waals surface area contributed by atoms with Crippen molar-refractivity contribution in [2.75, 3.05) is 15.0 Å². The molecule has 2 N–H and O–H groups in total. The molecule has 0 saturated carbocycles. The number of thiophene rings is 1. The smallest absolute Gasteiger partial charge is 0.0641 e. The lowest BCUT2D eigenvalue weighted by atomic mass is 10.0. The summed E-state index contributed by atoms with van der Waals surface area (Å²) >= 11 is 1.88. The summed E-state index contributed by atoms with van der Waals surface area (Å²) in [6.07, 6.45) is 8.50. The third kappa shape index (κ3) is 8.81. The summed E-state index contributed by atoms with van der Waals surface area (Å²) in [4.78, 5) is 4.87. The Morgan fingerprint density at radius 1 is 0.652 bits per heavy atom. The van der Waals surface area contributed by atoms with Gasteiger partial charge in [0.15, 0.2) is 0 Å². The van der Waals surface area contributed by atoms with Crippen molar-refractivity contribution in [1.29, 1.82) is 0 Å². The van der Waals surface area contributed by atoms with E-state index in [1.165, 1.54) is 62.3 Å². The van der Waals surface area contributed by atoms with Crippen LogP contribution >= 0.6 is 11.3 Å². The number of benzene rings is 3. The Bertz CT molecular complexity index is 1510. The van der Waals surface area contributed by atoms with Gasteiger partial charge in [0.2, 0.25) is 0 Å². The zero-order chi connectivity index (χ0) is 33.6. The number of anilines is 5. The number of hydrogen-bond donors (Lipinski definition) is 2. The lowest BCUT2D eigenvalue weighted by molar-refractivity contribution is 0.181. The Kier molecular flexibility index (Phi) is 11.4. The number of aryl methyl sites for hydroxylation is 1. The molecule has 5 nitrogen and oxygen atoms in total. The lowest BCUT2D eigenvalue weighted by Crippen LogP contribution is -2.38. The van der Waals surface area contributed by atoms with Crippen molar-refractivity contribution in [1.82, 2.24) is 0 Å². The van der Waals surface area contributed by atoms with Crippen LogP contribution < -0.4 is 15.0 Å². The maximum Gasteiger partial charge on any atom is 0.0641 e. The molecule has 0 amide bonds. The highest BCUT2D eigenvalue weighted by atomic mass is 32.1. The largest absolute Gasteiger partial charge is 0.311 e. The Morgan fingerprint density at radius 3 is 1.50 bits per heavy atom. The van der Waals surface area contributed by atoms with Gasteiger partial charge in [0.05, 0.1) is 22.5 Å². The topological polar surface area (TPSA) is 50.2 Å². The highest BCUT2D eigenvalue weighted by Gasteiger charge is 2.22. The fourth-order valence-electron chi connectivity index (χ4n) is 5.39. The van der Waals surface area contributed by atoms with Gasteiger partial charge in [-0.25, -0.2) is 0 Å². The zero-order valence-corrected chi connectivity index (χ0v) is 30.1. The van der Waals surface area contributed by atoms with Gasteiger partial charge < -0.3 is 4.90 Å². The van der Waals surface area contributed by atoms with E-state index in [9.17, 15) is 10.4 Å². The van der Waals surface area contributed by atoms with Crippen molar-refractivity contribution in [2.45, 2.75) is 105 Å². The maximum atomic E-state index is 10.7. The van der Waals surface area contributed by atoms with Crippen LogP contribution in [0.15, 0.2) is 84.4 Å². The molecule has 0 radical (unpaired) electrons. The van der Waals surface area contributed by atoms with E-state index >= 15 is 0 Å². The van der Waals surface area contributed by atoms with Gasteiger partial charge in [-0.1, -0.05) is 43.9 Å². The van der Waals surface area contributed by atoms with Gasteiger partial charge in [-0.2, -0.15) is 0 Å². The predicted molar refractivity (Wildman–Crippen MR) is 200 cm³/mol. The van der Waals surface area contributed by atoms with Gasteiger partial charge in [0, 0.05) is 26.8 Å². The molecule has 1 heterocycles. The molecular weight excluding hydrogens is 587 g/mol. The van der Waals surface area contributed by atoms with E-state index < -0.39 is 11.1 Å². The highest BCUT2D eigenvalue weighted by molar-refractivity contribution is 7.16. The minimum Gasteiger partial charge on any atom is -0.311 e. The van der Waals surface area contributed by atoms with E-state index in [4.69, 9.17) is 0 Å². The summed E-state index contributed by atoms with van der Waals surface area (Å²) in [7, 11) is 0. The SMILES string of the molecule is CCCCCCc1cc(-c2ccc(N(c3ccc(N(O)C(C)(C)C)cc3)c3ccc(N(O)C(C)(C)C)cc3)cc2)sc1C=C(C)C. The van der Waals surface area contributed by atoms with Gasteiger partial charge in [-0.3, -0.25) is 20.5 Å². The average Bonchev–Trinajstić information content (AvgIpc) is 3.40. The quantitative estimate of drug-likeness (QED) is 0.119. The van der Waals surface area contributed by atoms with Gasteiger partial charge in [0.25, 0.3) is 0 Å². The minimum absolute atomic E-state index is 0.418. The molecule has 0 aliphatic rings. The monoisotopic (exact) mass is 639 g/mol. The number of hydrogen-bond acceptors (Lipinski definition) is 6. The van der Waals surface area contributed by atoms with Crippen molar-refractivity contribution < 1.29 is 10.4 Å². The van der Waals surface area contributed by atoms with Crippen molar-refractivity contribution in [3.63, 3.8) is 0 Å². The van der Waals surface area contributed by atoms with Crippen LogP contribution in [0.5, 0.6) is 0 Å². The molecule has 0 fully saturated rings. The van der Waals surface area contributed by atoms with Gasteiger partial charge in [-0.15, -0.1) is 11.3 Å². The van der Waals surface area contributed by atoms with Crippen LogP contribution in [0.2, 0.25) is 0 Å². The molecule has 0 aliphatic heterocycles. The number of hydroxylamine groups is 2. The molecule has 3 aromatic carbocycles. The molecular formula is C40H53N3O2S. The first kappa shape index (κ1) is 35.3. The molecule has 1 aromatic heterocycles. The molecule has 4 rings (SSSR count). The fraction of sp³-hybridized carbons (Fsp3) is 0.400. The Morgan fingerprint density at radius 2 is 1.09 bits per heavy atom. The van der Waals surface area contributed by atoms with E-state index in [1.807, 2.05) is 101 Å². The second-order valence-electron chi connectivity index (χ2n) is 14.4. The minimum atomic E-state index is -0.418. The summed E-state index contributed by atoms with van der Waals surface area (Å²) in [5.41, 5.74) is 7.59. The van der Waals surface area contributed by atoms with E-state index in [2.05, 4.69) is 62.1 Å². The Hall–Kier alpha value is -3.58. The molecule has 46 heavy (non-hydrogen) atoms. The number of allylic oxidation sites excluding steroid dienone is 1. The summed E-state index contributed by atoms with van der Waals surface area (Å²) in [5, 5.41) is 24.1. The third-order valence-electron chi connectivity index (χ3n) is 7.95. The van der Waals surface area contributed by atoms with E-state index in [0.717, 1.165) is 34.9 Å². The van der Waals surface area contributed by atoms with Crippen LogP contribution in [0.1, 0.15) is 98.4 Å². The summed E-state index contributed by atoms with van der Waals surface area (Å²) in [6.45, 7) is 18.5. The predicted octanol–water partition coefficient (Wildman–Crippen LogP) is 12.4. The van der Waals surface area contributed by atoms with Crippen molar-refractivity contribution in [2.24, 2.45) is 0 Å². The number of nitrogens with zero attached hydrogens (tertiary/aromatic N) is 3. The molecule has 0 aliphatic carbocycles. The highest BCUT2D eigenvalue weighted by Crippen LogP contribution is 2.40. The van der Waals surface area contributed by atoms with E-state index in [1.54, 1.807) is 0 Å².